The van der Waals surface area contributed by atoms with Gasteiger partial charge in [0.15, 0.2) is 5.69 Å². The van der Waals surface area contributed by atoms with Gasteiger partial charge in [-0.1, -0.05) is 10.4 Å². The first-order valence-electron chi connectivity index (χ1n) is 5.30. The van der Waals surface area contributed by atoms with E-state index in [-0.39, 0.29) is 24.0 Å². The van der Waals surface area contributed by atoms with Gasteiger partial charge in [-0.25, -0.2) is 9.48 Å². The minimum absolute atomic E-state index is 0.0332. The van der Waals surface area contributed by atoms with Crippen molar-refractivity contribution in [2.75, 3.05) is 12.4 Å². The molecule has 9 heteroatoms. The van der Waals surface area contributed by atoms with Crippen LogP contribution >= 0.6 is 0 Å². The van der Waals surface area contributed by atoms with Gasteiger partial charge in [-0.15, -0.1) is 5.10 Å². The van der Waals surface area contributed by atoms with Crippen molar-refractivity contribution in [1.29, 1.82) is 0 Å². The van der Waals surface area contributed by atoms with Crippen LogP contribution in [0.15, 0.2) is 16.8 Å². The predicted molar refractivity (Wildman–Crippen MR) is 61.2 cm³/mol. The Morgan fingerprint density at radius 3 is 2.95 bits per heavy atom. The molecule has 2 heterocycles. The highest BCUT2D eigenvalue weighted by Gasteiger charge is 2.13. The summed E-state index contributed by atoms with van der Waals surface area (Å²) in [6.07, 6.45) is 1.32. The zero-order chi connectivity index (χ0) is 13.8. The summed E-state index contributed by atoms with van der Waals surface area (Å²) in [6, 6.07) is 1.58. The van der Waals surface area contributed by atoms with Crippen molar-refractivity contribution in [2.24, 2.45) is 0 Å². The van der Waals surface area contributed by atoms with Crippen molar-refractivity contribution in [3.8, 4) is 0 Å². The Hall–Kier alpha value is -2.71. The molecule has 0 radical (unpaired) electrons. The number of aryl methyl sites for hydroxylation is 1. The highest BCUT2D eigenvalue weighted by atomic mass is 16.5. The first-order valence-corrected chi connectivity index (χ1v) is 5.30. The third-order valence-corrected chi connectivity index (χ3v) is 2.13. The summed E-state index contributed by atoms with van der Waals surface area (Å²) >= 11 is 0. The Morgan fingerprint density at radius 1 is 1.53 bits per heavy atom. The minimum atomic E-state index is -0.613. The van der Waals surface area contributed by atoms with Gasteiger partial charge in [-0.05, 0) is 6.92 Å². The SMILES string of the molecule is COC(=O)c1cn(CC(=O)Nc2cc(C)no2)nn1. The van der Waals surface area contributed by atoms with Gasteiger partial charge < -0.3 is 9.26 Å². The smallest absolute Gasteiger partial charge is 0.360 e. The molecule has 0 aromatic carbocycles. The van der Waals surface area contributed by atoms with E-state index >= 15 is 0 Å². The topological polar surface area (TPSA) is 112 Å². The van der Waals surface area contributed by atoms with E-state index in [2.05, 4.69) is 25.5 Å². The molecule has 0 fully saturated rings. The Kier molecular flexibility index (Phi) is 3.55. The number of anilines is 1. The largest absolute Gasteiger partial charge is 0.464 e. The summed E-state index contributed by atoms with van der Waals surface area (Å²) in [5, 5.41) is 13.3. The molecular weight excluding hydrogens is 254 g/mol. The second-order valence-corrected chi connectivity index (χ2v) is 3.67. The molecule has 1 amide bonds. The van der Waals surface area contributed by atoms with Crippen molar-refractivity contribution in [1.82, 2.24) is 20.2 Å². The minimum Gasteiger partial charge on any atom is -0.464 e. The number of rotatable bonds is 4. The molecule has 0 saturated heterocycles. The molecule has 0 atom stereocenters. The van der Waals surface area contributed by atoms with E-state index in [4.69, 9.17) is 4.52 Å². The van der Waals surface area contributed by atoms with Gasteiger partial charge >= 0.3 is 5.97 Å². The zero-order valence-corrected chi connectivity index (χ0v) is 10.3. The lowest BCUT2D eigenvalue weighted by atomic mass is 10.4. The van der Waals surface area contributed by atoms with Crippen LogP contribution < -0.4 is 5.32 Å². The number of nitrogens with zero attached hydrogens (tertiary/aromatic N) is 4. The van der Waals surface area contributed by atoms with E-state index in [1.54, 1.807) is 13.0 Å². The molecule has 19 heavy (non-hydrogen) atoms. The molecule has 0 unspecified atom stereocenters. The zero-order valence-electron chi connectivity index (χ0n) is 10.3. The summed E-state index contributed by atoms with van der Waals surface area (Å²) < 4.78 is 10.5. The van der Waals surface area contributed by atoms with Gasteiger partial charge in [-0.3, -0.25) is 10.1 Å². The lowest BCUT2D eigenvalue weighted by molar-refractivity contribution is -0.117. The average molecular weight is 265 g/mol. The molecule has 0 spiro atoms. The van der Waals surface area contributed by atoms with Crippen molar-refractivity contribution < 1.29 is 18.8 Å². The maximum atomic E-state index is 11.6. The number of methoxy groups -OCH3 is 1. The van der Waals surface area contributed by atoms with Gasteiger partial charge in [0.1, 0.15) is 6.54 Å². The highest BCUT2D eigenvalue weighted by molar-refractivity contribution is 5.89. The number of esters is 1. The third kappa shape index (κ3) is 3.15. The van der Waals surface area contributed by atoms with Crippen LogP contribution in [0.1, 0.15) is 16.2 Å². The molecule has 9 nitrogen and oxygen atoms in total. The second-order valence-electron chi connectivity index (χ2n) is 3.67. The van der Waals surface area contributed by atoms with Crippen molar-refractivity contribution in [3.63, 3.8) is 0 Å². The van der Waals surface area contributed by atoms with E-state index in [0.29, 0.717) is 5.69 Å². The number of amides is 1. The van der Waals surface area contributed by atoms with Crippen LogP contribution in [-0.2, 0) is 16.1 Å². The second kappa shape index (κ2) is 5.29. The molecule has 100 valence electrons. The summed E-state index contributed by atoms with van der Waals surface area (Å²) in [6.45, 7) is 1.63. The Balaban J connectivity index is 1.95. The monoisotopic (exact) mass is 265 g/mol. The van der Waals surface area contributed by atoms with Gasteiger partial charge in [0.05, 0.1) is 19.0 Å². The van der Waals surface area contributed by atoms with Gasteiger partial charge in [0, 0.05) is 6.07 Å². The van der Waals surface area contributed by atoms with Crippen molar-refractivity contribution in [2.45, 2.75) is 13.5 Å². The van der Waals surface area contributed by atoms with Crippen molar-refractivity contribution in [3.05, 3.63) is 23.7 Å². The lowest BCUT2D eigenvalue weighted by Crippen LogP contribution is -2.18. The number of hydrogen-bond acceptors (Lipinski definition) is 7. The fraction of sp³-hybridized carbons (Fsp3) is 0.300. The Morgan fingerprint density at radius 2 is 2.32 bits per heavy atom. The fourth-order valence-electron chi connectivity index (χ4n) is 1.32. The molecule has 0 aliphatic heterocycles. The summed E-state index contributed by atoms with van der Waals surface area (Å²) in [5.41, 5.74) is 0.690. The number of hydrogen-bond donors (Lipinski definition) is 1. The maximum absolute atomic E-state index is 11.6. The standard InChI is InChI=1S/C10H11N5O4/c1-6-3-9(19-13-6)11-8(16)5-15-4-7(12-14-15)10(17)18-2/h3-4H,5H2,1-2H3,(H,11,16). The van der Waals surface area contributed by atoms with E-state index < -0.39 is 5.97 Å². The maximum Gasteiger partial charge on any atom is 0.360 e. The molecule has 2 aromatic rings. The molecule has 2 rings (SSSR count). The number of ether oxygens (including phenoxy) is 1. The Bertz CT molecular complexity index is 603. The normalized spacial score (nSPS) is 10.2. The Labute approximate surface area is 107 Å². The highest BCUT2D eigenvalue weighted by Crippen LogP contribution is 2.08. The lowest BCUT2D eigenvalue weighted by Gasteiger charge is -1.99. The number of nitrogens with one attached hydrogen (secondary N) is 1. The van der Waals surface area contributed by atoms with Gasteiger partial charge in [0.25, 0.3) is 0 Å². The van der Waals surface area contributed by atoms with Gasteiger partial charge in [0.2, 0.25) is 11.8 Å². The first kappa shape index (κ1) is 12.7. The number of carbonyl (C=O) groups is 2. The van der Waals surface area contributed by atoms with Crippen LogP contribution in [0.5, 0.6) is 0 Å². The number of aromatic nitrogens is 4. The van der Waals surface area contributed by atoms with E-state index in [9.17, 15) is 9.59 Å². The molecule has 2 aromatic heterocycles. The van der Waals surface area contributed by atoms with Crippen LogP contribution in [0.4, 0.5) is 5.88 Å². The molecule has 0 saturated carbocycles. The predicted octanol–water partition coefficient (Wildman–Crippen LogP) is -0.000180. The van der Waals surface area contributed by atoms with Crippen LogP contribution in [0, 0.1) is 6.92 Å². The fourth-order valence-corrected chi connectivity index (χ4v) is 1.32. The quantitative estimate of drug-likeness (QED) is 0.774. The van der Waals surface area contributed by atoms with Crippen LogP contribution in [0.3, 0.4) is 0 Å². The van der Waals surface area contributed by atoms with E-state index in [1.807, 2.05) is 0 Å². The van der Waals surface area contributed by atoms with Crippen molar-refractivity contribution >= 4 is 17.8 Å². The average Bonchev–Trinajstić information content (AvgIpc) is 2.98. The molecular formula is C10H11N5O4. The summed E-state index contributed by atoms with van der Waals surface area (Å²) in [5.74, 6) is -0.745. The van der Waals surface area contributed by atoms with Gasteiger partial charge in [-0.2, -0.15) is 0 Å². The van der Waals surface area contributed by atoms with Crippen LogP contribution in [0.2, 0.25) is 0 Å². The molecule has 0 aliphatic carbocycles. The van der Waals surface area contributed by atoms with E-state index in [1.165, 1.54) is 18.0 Å². The summed E-state index contributed by atoms with van der Waals surface area (Å²) in [7, 11) is 1.24. The summed E-state index contributed by atoms with van der Waals surface area (Å²) in [4.78, 5) is 22.8. The van der Waals surface area contributed by atoms with E-state index in [0.717, 1.165) is 0 Å². The molecule has 1 N–H and O–H groups in total. The van der Waals surface area contributed by atoms with Crippen LogP contribution in [0.25, 0.3) is 0 Å². The van der Waals surface area contributed by atoms with Crippen LogP contribution in [-0.4, -0.2) is 39.1 Å². The number of carbonyl (C=O) groups excluding carboxylic acids is 2. The first-order chi connectivity index (χ1) is 9.08. The third-order valence-electron chi connectivity index (χ3n) is 2.13. The molecule has 0 bridgehead atoms. The molecule has 0 aliphatic rings.